The van der Waals surface area contributed by atoms with Gasteiger partial charge in [0, 0.05) is 0 Å². The molecule has 0 saturated carbocycles. The van der Waals surface area contributed by atoms with Gasteiger partial charge in [-0.2, -0.15) is 0 Å². The Labute approximate surface area is 52.1 Å². The van der Waals surface area contributed by atoms with Crippen molar-refractivity contribution in [2.75, 3.05) is 13.1 Å². The quantitative estimate of drug-likeness (QED) is 0.367. The molecule has 0 bridgehead atoms. The summed E-state index contributed by atoms with van der Waals surface area (Å²) < 4.78 is 0. The standard InChI is InChI=1S/C4H7N3O2/c1-4-5-2-3-6(4)7(8)9/h2-3H2,1H3. The van der Waals surface area contributed by atoms with E-state index >= 15 is 0 Å². The van der Waals surface area contributed by atoms with Crippen molar-refractivity contribution in [3.05, 3.63) is 10.1 Å². The first-order chi connectivity index (χ1) is 4.22. The topological polar surface area (TPSA) is 58.7 Å². The van der Waals surface area contributed by atoms with Crippen molar-refractivity contribution in [2.24, 2.45) is 4.99 Å². The van der Waals surface area contributed by atoms with Crippen LogP contribution in [0.2, 0.25) is 0 Å². The van der Waals surface area contributed by atoms with Crippen molar-refractivity contribution in [3.63, 3.8) is 0 Å². The second kappa shape index (κ2) is 2.00. The lowest BCUT2D eigenvalue weighted by molar-refractivity contribution is -0.627. The van der Waals surface area contributed by atoms with Gasteiger partial charge in [0.2, 0.25) is 0 Å². The highest BCUT2D eigenvalue weighted by Gasteiger charge is 2.21. The molecule has 0 spiro atoms. The average molecular weight is 129 g/mol. The van der Waals surface area contributed by atoms with E-state index < -0.39 is 5.03 Å². The number of nitrogens with zero attached hydrogens (tertiary/aromatic N) is 3. The van der Waals surface area contributed by atoms with Crippen LogP contribution >= 0.6 is 0 Å². The lowest BCUT2D eigenvalue weighted by Crippen LogP contribution is -2.31. The van der Waals surface area contributed by atoms with E-state index in [-0.39, 0.29) is 0 Å². The van der Waals surface area contributed by atoms with E-state index in [2.05, 4.69) is 4.99 Å². The summed E-state index contributed by atoms with van der Waals surface area (Å²) in [6.07, 6.45) is 0. The molecule has 0 radical (unpaired) electrons. The molecule has 5 nitrogen and oxygen atoms in total. The Morgan fingerprint density at radius 2 is 2.56 bits per heavy atom. The molecule has 50 valence electrons. The second-order valence-electron chi connectivity index (χ2n) is 1.79. The second-order valence-corrected chi connectivity index (χ2v) is 1.79. The molecule has 0 aromatic carbocycles. The SMILES string of the molecule is CC1=NCCN1[N+](=O)[O-]. The van der Waals surface area contributed by atoms with Gasteiger partial charge >= 0.3 is 0 Å². The Bertz CT molecular complexity index is 165. The number of hydrogen-bond acceptors (Lipinski definition) is 3. The van der Waals surface area contributed by atoms with Crippen LogP contribution in [-0.4, -0.2) is 29.0 Å². The molecule has 5 heteroatoms. The molecule has 0 saturated heterocycles. The molecule has 0 N–H and O–H groups in total. The number of hydrazine groups is 1. The lowest BCUT2D eigenvalue weighted by atomic mass is 10.6. The first kappa shape index (κ1) is 6.00. The van der Waals surface area contributed by atoms with E-state index in [1.807, 2.05) is 0 Å². The summed E-state index contributed by atoms with van der Waals surface area (Å²) in [6, 6.07) is 0. The van der Waals surface area contributed by atoms with Gasteiger partial charge in [-0.25, -0.2) is 10.1 Å². The summed E-state index contributed by atoms with van der Waals surface area (Å²) in [5.41, 5.74) is 0. The maximum atomic E-state index is 10.1. The highest BCUT2D eigenvalue weighted by Crippen LogP contribution is 1.99. The van der Waals surface area contributed by atoms with E-state index in [9.17, 15) is 10.1 Å². The Kier molecular flexibility index (Phi) is 1.33. The minimum atomic E-state index is -0.439. The third-order valence-corrected chi connectivity index (χ3v) is 1.22. The zero-order valence-corrected chi connectivity index (χ0v) is 5.07. The molecule has 1 aliphatic heterocycles. The van der Waals surface area contributed by atoms with Gasteiger partial charge < -0.3 is 0 Å². The molecular weight excluding hydrogens is 122 g/mol. The molecule has 1 heterocycles. The van der Waals surface area contributed by atoms with E-state index in [0.717, 1.165) is 5.01 Å². The molecule has 0 amide bonds. The van der Waals surface area contributed by atoms with Crippen molar-refractivity contribution in [1.29, 1.82) is 0 Å². The third kappa shape index (κ3) is 0.984. The van der Waals surface area contributed by atoms with Crippen molar-refractivity contribution >= 4 is 5.84 Å². The first-order valence-corrected chi connectivity index (χ1v) is 2.64. The maximum absolute atomic E-state index is 10.1. The van der Waals surface area contributed by atoms with Crippen molar-refractivity contribution < 1.29 is 5.03 Å². The molecule has 0 aromatic rings. The van der Waals surface area contributed by atoms with E-state index in [0.29, 0.717) is 18.9 Å². The maximum Gasteiger partial charge on any atom is 0.166 e. The summed E-state index contributed by atoms with van der Waals surface area (Å²) in [7, 11) is 0. The summed E-state index contributed by atoms with van der Waals surface area (Å²) in [6.45, 7) is 2.60. The summed E-state index contributed by atoms with van der Waals surface area (Å²) in [4.78, 5) is 13.9. The fourth-order valence-corrected chi connectivity index (χ4v) is 0.750. The van der Waals surface area contributed by atoms with Gasteiger partial charge in [0.25, 0.3) is 0 Å². The van der Waals surface area contributed by atoms with Crippen LogP contribution in [0.1, 0.15) is 6.92 Å². The fourth-order valence-electron chi connectivity index (χ4n) is 0.750. The Balaban J connectivity index is 2.63. The van der Waals surface area contributed by atoms with Gasteiger partial charge in [-0.05, 0) is 6.92 Å². The van der Waals surface area contributed by atoms with Crippen LogP contribution in [-0.2, 0) is 0 Å². The molecule has 0 aliphatic carbocycles. The number of aliphatic imine (C=N–C) groups is 1. The smallest absolute Gasteiger partial charge is 0.166 e. The van der Waals surface area contributed by atoms with Crippen molar-refractivity contribution in [1.82, 2.24) is 5.01 Å². The summed E-state index contributed by atoms with van der Waals surface area (Å²) in [5, 5.41) is 10.7. The Morgan fingerprint density at radius 1 is 1.89 bits per heavy atom. The fraction of sp³-hybridized carbons (Fsp3) is 0.750. The lowest BCUT2D eigenvalue weighted by Gasteiger charge is -2.03. The summed E-state index contributed by atoms with van der Waals surface area (Å²) in [5.74, 6) is 0.500. The van der Waals surface area contributed by atoms with Crippen LogP contribution in [0, 0.1) is 10.1 Å². The van der Waals surface area contributed by atoms with Gasteiger partial charge in [0.1, 0.15) is 6.54 Å². The molecule has 1 aliphatic rings. The number of nitro groups is 1. The van der Waals surface area contributed by atoms with Crippen LogP contribution in [0.3, 0.4) is 0 Å². The number of amidine groups is 1. The molecule has 0 atom stereocenters. The monoisotopic (exact) mass is 129 g/mol. The van der Waals surface area contributed by atoms with E-state index in [4.69, 9.17) is 0 Å². The molecular formula is C4H7N3O2. The van der Waals surface area contributed by atoms with Gasteiger partial charge in [-0.15, -0.1) is 0 Å². The molecule has 1 rings (SSSR count). The van der Waals surface area contributed by atoms with Crippen molar-refractivity contribution in [2.45, 2.75) is 6.92 Å². The zero-order chi connectivity index (χ0) is 6.85. The van der Waals surface area contributed by atoms with Crippen LogP contribution < -0.4 is 0 Å². The highest BCUT2D eigenvalue weighted by molar-refractivity contribution is 5.79. The van der Waals surface area contributed by atoms with Crippen LogP contribution in [0.4, 0.5) is 0 Å². The normalized spacial score (nSPS) is 17.9. The average Bonchev–Trinajstić information content (AvgIpc) is 2.13. The van der Waals surface area contributed by atoms with Gasteiger partial charge in [0.15, 0.2) is 10.9 Å². The minimum Gasteiger partial charge on any atom is -0.265 e. The first-order valence-electron chi connectivity index (χ1n) is 2.64. The van der Waals surface area contributed by atoms with Crippen LogP contribution in [0.25, 0.3) is 0 Å². The van der Waals surface area contributed by atoms with Crippen LogP contribution in [0.5, 0.6) is 0 Å². The number of rotatable bonds is 1. The van der Waals surface area contributed by atoms with Gasteiger partial charge in [-0.3, -0.25) is 4.99 Å². The largest absolute Gasteiger partial charge is 0.265 e. The molecule has 9 heavy (non-hydrogen) atoms. The molecule has 0 fully saturated rings. The Hall–Kier alpha value is -1.13. The minimum absolute atomic E-state index is 0.416. The highest BCUT2D eigenvalue weighted by atomic mass is 16.7. The Morgan fingerprint density at radius 3 is 2.78 bits per heavy atom. The molecule has 0 aromatic heterocycles. The van der Waals surface area contributed by atoms with Crippen LogP contribution in [0.15, 0.2) is 4.99 Å². The van der Waals surface area contributed by atoms with E-state index in [1.54, 1.807) is 6.92 Å². The predicted octanol–water partition coefficient (Wildman–Crippen LogP) is -0.0879. The number of hydrogen-bond donors (Lipinski definition) is 0. The predicted molar refractivity (Wildman–Crippen MR) is 31.7 cm³/mol. The third-order valence-electron chi connectivity index (χ3n) is 1.22. The van der Waals surface area contributed by atoms with Gasteiger partial charge in [0.05, 0.1) is 6.54 Å². The van der Waals surface area contributed by atoms with Crippen molar-refractivity contribution in [3.8, 4) is 0 Å². The molecule has 0 unspecified atom stereocenters. The zero-order valence-electron chi connectivity index (χ0n) is 5.07. The van der Waals surface area contributed by atoms with E-state index in [1.165, 1.54) is 0 Å². The summed E-state index contributed by atoms with van der Waals surface area (Å²) >= 11 is 0. The van der Waals surface area contributed by atoms with Gasteiger partial charge in [-0.1, -0.05) is 5.01 Å².